The van der Waals surface area contributed by atoms with Crippen LogP contribution in [-0.4, -0.2) is 46.9 Å². The van der Waals surface area contributed by atoms with Crippen LogP contribution in [0.5, 0.6) is 0 Å². The number of urea groups is 1. The van der Waals surface area contributed by atoms with Crippen molar-refractivity contribution in [3.63, 3.8) is 0 Å². The molecular weight excluding hydrogens is 371 g/mol. The summed E-state index contributed by atoms with van der Waals surface area (Å²) in [6.45, 7) is 2.25. The van der Waals surface area contributed by atoms with Gasteiger partial charge in [-0.15, -0.1) is 0 Å². The molecule has 1 aliphatic carbocycles. The molecular formula is C20H20F3N3O2. The minimum atomic E-state index is -0.689. The van der Waals surface area contributed by atoms with E-state index in [9.17, 15) is 18.0 Å². The minimum absolute atomic E-state index is 0.162. The largest absolute Gasteiger partial charge is 0.367 e. The topological polar surface area (TPSA) is 45.1 Å². The number of allylic oxidation sites excluding steroid dienone is 2. The standard InChI is InChI=1S/C20H20F3N3O2/c1-12-19(28-17-4-2-14(21)3-5-17)11-25(12)20(27)26-18(6-7-24-26)13-8-15(22)10-16(23)9-13/h2-4,7-10,12,17-19H,5-6,11H2,1H3/t12-,17?,18-,19-/m0/s1. The molecule has 4 rings (SSSR count). The summed E-state index contributed by atoms with van der Waals surface area (Å²) in [5.41, 5.74) is 0.366. The van der Waals surface area contributed by atoms with Crippen LogP contribution >= 0.6 is 0 Å². The summed E-state index contributed by atoms with van der Waals surface area (Å²) in [6, 6.07) is 2.18. The minimum Gasteiger partial charge on any atom is -0.367 e. The Balaban J connectivity index is 1.39. The first kappa shape index (κ1) is 18.7. The molecule has 8 heteroatoms. The Kier molecular flexibility index (Phi) is 4.97. The molecule has 3 aliphatic rings. The molecule has 1 fully saturated rings. The highest BCUT2D eigenvalue weighted by Crippen LogP contribution is 2.33. The van der Waals surface area contributed by atoms with Gasteiger partial charge in [0.05, 0.1) is 30.8 Å². The number of rotatable bonds is 3. The second-order valence-corrected chi connectivity index (χ2v) is 7.17. The van der Waals surface area contributed by atoms with Gasteiger partial charge in [-0.1, -0.05) is 6.08 Å². The van der Waals surface area contributed by atoms with Crippen molar-refractivity contribution in [2.75, 3.05) is 6.54 Å². The molecule has 1 aromatic rings. The number of likely N-dealkylation sites (tertiary alicyclic amines) is 1. The van der Waals surface area contributed by atoms with Gasteiger partial charge < -0.3 is 9.64 Å². The van der Waals surface area contributed by atoms with Crippen LogP contribution in [0.3, 0.4) is 0 Å². The molecule has 0 saturated carbocycles. The highest BCUT2D eigenvalue weighted by Gasteiger charge is 2.44. The van der Waals surface area contributed by atoms with Crippen LogP contribution in [0.1, 0.15) is 31.4 Å². The van der Waals surface area contributed by atoms with Crippen molar-refractivity contribution in [1.29, 1.82) is 0 Å². The van der Waals surface area contributed by atoms with Gasteiger partial charge in [0, 0.05) is 18.7 Å². The molecule has 4 atom stereocenters. The van der Waals surface area contributed by atoms with Crippen molar-refractivity contribution in [1.82, 2.24) is 9.91 Å². The molecule has 2 heterocycles. The number of benzene rings is 1. The second-order valence-electron chi connectivity index (χ2n) is 7.17. The number of nitrogens with zero attached hydrogens (tertiary/aromatic N) is 3. The van der Waals surface area contributed by atoms with Gasteiger partial charge in [-0.05, 0) is 43.2 Å². The summed E-state index contributed by atoms with van der Waals surface area (Å²) in [6.07, 6.45) is 6.57. The highest BCUT2D eigenvalue weighted by atomic mass is 19.1. The van der Waals surface area contributed by atoms with Crippen molar-refractivity contribution >= 4 is 12.2 Å². The molecule has 2 aliphatic heterocycles. The SMILES string of the molecule is C[C@H]1[C@@H](OC2C=CC(F)=CC2)CN1C(=O)N1N=CC[C@H]1c1cc(F)cc(F)c1. The summed E-state index contributed by atoms with van der Waals surface area (Å²) < 4.78 is 46.1. The zero-order chi connectivity index (χ0) is 19.8. The molecule has 1 unspecified atom stereocenters. The Morgan fingerprint density at radius 3 is 2.57 bits per heavy atom. The normalized spacial score (nSPS) is 29.1. The van der Waals surface area contributed by atoms with Crippen LogP contribution in [0, 0.1) is 11.6 Å². The lowest BCUT2D eigenvalue weighted by molar-refractivity contribution is -0.100. The lowest BCUT2D eigenvalue weighted by atomic mass is 10.00. The van der Waals surface area contributed by atoms with E-state index in [1.165, 1.54) is 29.3 Å². The second kappa shape index (κ2) is 7.43. The van der Waals surface area contributed by atoms with Crippen LogP contribution < -0.4 is 0 Å². The van der Waals surface area contributed by atoms with Crippen molar-refractivity contribution in [2.24, 2.45) is 5.10 Å². The van der Waals surface area contributed by atoms with E-state index >= 15 is 0 Å². The van der Waals surface area contributed by atoms with E-state index in [0.29, 0.717) is 24.9 Å². The van der Waals surface area contributed by atoms with Crippen LogP contribution in [0.4, 0.5) is 18.0 Å². The Morgan fingerprint density at radius 2 is 1.93 bits per heavy atom. The van der Waals surface area contributed by atoms with E-state index in [1.54, 1.807) is 17.2 Å². The molecule has 1 saturated heterocycles. The van der Waals surface area contributed by atoms with Gasteiger partial charge in [0.1, 0.15) is 17.5 Å². The number of amides is 2. The summed E-state index contributed by atoms with van der Waals surface area (Å²) in [5, 5.41) is 5.37. The zero-order valence-electron chi connectivity index (χ0n) is 15.3. The third-order valence-electron chi connectivity index (χ3n) is 5.31. The maximum Gasteiger partial charge on any atom is 0.341 e. The third-order valence-corrected chi connectivity index (χ3v) is 5.31. The fourth-order valence-corrected chi connectivity index (χ4v) is 3.66. The predicted octanol–water partition coefficient (Wildman–Crippen LogP) is 4.09. The van der Waals surface area contributed by atoms with Crippen molar-refractivity contribution in [3.05, 3.63) is 59.5 Å². The van der Waals surface area contributed by atoms with E-state index in [-0.39, 0.29) is 30.1 Å². The van der Waals surface area contributed by atoms with Gasteiger partial charge in [-0.2, -0.15) is 5.10 Å². The van der Waals surface area contributed by atoms with E-state index in [0.717, 1.165) is 6.07 Å². The van der Waals surface area contributed by atoms with E-state index < -0.39 is 17.7 Å². The molecule has 28 heavy (non-hydrogen) atoms. The molecule has 5 nitrogen and oxygen atoms in total. The Labute approximate surface area is 160 Å². The van der Waals surface area contributed by atoms with Crippen LogP contribution in [0.15, 0.2) is 47.4 Å². The van der Waals surface area contributed by atoms with Gasteiger partial charge in [0.2, 0.25) is 0 Å². The van der Waals surface area contributed by atoms with Gasteiger partial charge in [-0.3, -0.25) is 0 Å². The number of halogens is 3. The summed E-state index contributed by atoms with van der Waals surface area (Å²) in [4.78, 5) is 14.5. The molecule has 0 bridgehead atoms. The molecule has 0 aromatic heterocycles. The van der Waals surface area contributed by atoms with Crippen LogP contribution in [0.2, 0.25) is 0 Å². The number of carbonyl (C=O) groups is 1. The maximum absolute atomic E-state index is 13.6. The number of hydrogen-bond donors (Lipinski definition) is 0. The average molecular weight is 391 g/mol. The van der Waals surface area contributed by atoms with E-state index in [1.807, 2.05) is 6.92 Å². The van der Waals surface area contributed by atoms with Gasteiger partial charge in [-0.25, -0.2) is 23.0 Å². The molecule has 1 aromatic carbocycles. The van der Waals surface area contributed by atoms with E-state index in [2.05, 4.69) is 5.10 Å². The monoisotopic (exact) mass is 391 g/mol. The Morgan fingerprint density at radius 1 is 1.18 bits per heavy atom. The lowest BCUT2D eigenvalue weighted by Crippen LogP contribution is -2.64. The fraction of sp³-hybridized carbons (Fsp3) is 0.400. The number of hydrogen-bond acceptors (Lipinski definition) is 3. The first-order valence-corrected chi connectivity index (χ1v) is 9.20. The summed E-state index contributed by atoms with van der Waals surface area (Å²) in [7, 11) is 0. The lowest BCUT2D eigenvalue weighted by Gasteiger charge is -2.48. The van der Waals surface area contributed by atoms with Crippen LogP contribution in [-0.2, 0) is 4.74 Å². The molecule has 2 amide bonds. The molecule has 148 valence electrons. The number of carbonyl (C=O) groups excluding carboxylic acids is 1. The third kappa shape index (κ3) is 3.56. The number of hydrazone groups is 1. The summed E-state index contributed by atoms with van der Waals surface area (Å²) >= 11 is 0. The fourth-order valence-electron chi connectivity index (χ4n) is 3.66. The molecule has 0 spiro atoms. The average Bonchev–Trinajstić information content (AvgIpc) is 3.14. The Hall–Kier alpha value is -2.61. The van der Waals surface area contributed by atoms with Gasteiger partial charge in [0.15, 0.2) is 0 Å². The zero-order valence-corrected chi connectivity index (χ0v) is 15.3. The molecule has 0 radical (unpaired) electrons. The van der Waals surface area contributed by atoms with Gasteiger partial charge >= 0.3 is 6.03 Å². The molecule has 0 N–H and O–H groups in total. The predicted molar refractivity (Wildman–Crippen MR) is 97.2 cm³/mol. The van der Waals surface area contributed by atoms with E-state index in [4.69, 9.17) is 4.74 Å². The quantitative estimate of drug-likeness (QED) is 0.779. The van der Waals surface area contributed by atoms with Crippen molar-refractivity contribution in [3.8, 4) is 0 Å². The first-order valence-electron chi connectivity index (χ1n) is 9.20. The number of ether oxygens (including phenoxy) is 1. The van der Waals surface area contributed by atoms with Crippen LogP contribution in [0.25, 0.3) is 0 Å². The summed E-state index contributed by atoms with van der Waals surface area (Å²) in [5.74, 6) is -1.65. The smallest absolute Gasteiger partial charge is 0.341 e. The Bertz CT molecular complexity index is 850. The van der Waals surface area contributed by atoms with Gasteiger partial charge in [0.25, 0.3) is 0 Å². The van der Waals surface area contributed by atoms with Crippen molar-refractivity contribution in [2.45, 2.75) is 44.1 Å². The maximum atomic E-state index is 13.6. The first-order chi connectivity index (χ1) is 13.4. The van der Waals surface area contributed by atoms with Crippen molar-refractivity contribution < 1.29 is 22.7 Å². The highest BCUT2D eigenvalue weighted by molar-refractivity contribution is 5.79.